The van der Waals surface area contributed by atoms with Crippen molar-refractivity contribution in [3.8, 4) is 0 Å². The lowest BCUT2D eigenvalue weighted by atomic mass is 10.1. The molecule has 0 unspecified atom stereocenters. The highest BCUT2D eigenvalue weighted by molar-refractivity contribution is 9.10. The zero-order valence-electron chi connectivity index (χ0n) is 11.8. The van der Waals surface area contributed by atoms with E-state index in [2.05, 4.69) is 15.9 Å². The smallest absolute Gasteiger partial charge is 0.258 e. The van der Waals surface area contributed by atoms with Gasteiger partial charge in [0.25, 0.3) is 5.91 Å². The maximum Gasteiger partial charge on any atom is 0.258 e. The zero-order chi connectivity index (χ0) is 15.6. The van der Waals surface area contributed by atoms with Gasteiger partial charge in [0.15, 0.2) is 0 Å². The van der Waals surface area contributed by atoms with E-state index in [4.69, 9.17) is 18.0 Å². The van der Waals surface area contributed by atoms with Crippen molar-refractivity contribution in [3.63, 3.8) is 0 Å². The minimum atomic E-state index is -0.112. The molecule has 108 valence electrons. The third-order valence-corrected chi connectivity index (χ3v) is 4.33. The molecule has 0 aliphatic carbocycles. The second-order valence-electron chi connectivity index (χ2n) is 4.71. The summed E-state index contributed by atoms with van der Waals surface area (Å²) < 4.78 is 0.907. The Morgan fingerprint density at radius 1 is 1.24 bits per heavy atom. The van der Waals surface area contributed by atoms with Gasteiger partial charge in [0.05, 0.1) is 5.69 Å². The largest absolute Gasteiger partial charge is 0.389 e. The summed E-state index contributed by atoms with van der Waals surface area (Å²) >= 11 is 8.49. The molecule has 2 aromatic carbocycles. The number of nitrogens with two attached hydrogens (primary N) is 1. The normalized spacial score (nSPS) is 10.2. The number of benzene rings is 2. The molecule has 0 aromatic heterocycles. The van der Waals surface area contributed by atoms with Crippen LogP contribution < -0.4 is 10.6 Å². The summed E-state index contributed by atoms with van der Waals surface area (Å²) in [6.45, 7) is 1.98. The summed E-state index contributed by atoms with van der Waals surface area (Å²) in [5.74, 6) is -0.112. The van der Waals surface area contributed by atoms with Gasteiger partial charge >= 0.3 is 0 Å². The van der Waals surface area contributed by atoms with Crippen molar-refractivity contribution in [1.82, 2.24) is 0 Å². The van der Waals surface area contributed by atoms with E-state index in [9.17, 15) is 4.79 Å². The lowest BCUT2D eigenvalue weighted by Gasteiger charge is -2.20. The summed E-state index contributed by atoms with van der Waals surface area (Å²) in [7, 11) is 1.72. The number of anilines is 1. The summed E-state index contributed by atoms with van der Waals surface area (Å²) in [5, 5.41) is 0. The maximum absolute atomic E-state index is 12.6. The van der Waals surface area contributed by atoms with Crippen LogP contribution in [0.1, 0.15) is 21.5 Å². The molecule has 0 aliphatic heterocycles. The van der Waals surface area contributed by atoms with Crippen LogP contribution in [0.15, 0.2) is 46.9 Å². The molecule has 0 aliphatic rings. The Hall–Kier alpha value is -1.72. The molecule has 0 saturated carbocycles. The molecule has 1 amide bonds. The minimum absolute atomic E-state index is 0.112. The second-order valence-corrected chi connectivity index (χ2v) is 6.00. The van der Waals surface area contributed by atoms with Crippen molar-refractivity contribution in [2.75, 3.05) is 11.9 Å². The van der Waals surface area contributed by atoms with Gasteiger partial charge in [0.2, 0.25) is 0 Å². The van der Waals surface area contributed by atoms with Crippen LogP contribution in [0.3, 0.4) is 0 Å². The minimum Gasteiger partial charge on any atom is -0.389 e. The van der Waals surface area contributed by atoms with Crippen LogP contribution >= 0.6 is 28.1 Å². The number of hydrogen-bond acceptors (Lipinski definition) is 2. The van der Waals surface area contributed by atoms with Crippen LogP contribution in [0.4, 0.5) is 5.69 Å². The van der Waals surface area contributed by atoms with Gasteiger partial charge in [-0.15, -0.1) is 0 Å². The Morgan fingerprint density at radius 3 is 2.52 bits per heavy atom. The molecule has 2 aromatic rings. The van der Waals surface area contributed by atoms with Crippen LogP contribution in [-0.4, -0.2) is 17.9 Å². The summed E-state index contributed by atoms with van der Waals surface area (Å²) in [5.41, 5.74) is 8.80. The topological polar surface area (TPSA) is 46.3 Å². The Morgan fingerprint density at radius 2 is 1.90 bits per heavy atom. The van der Waals surface area contributed by atoms with Crippen molar-refractivity contribution in [2.45, 2.75) is 6.92 Å². The molecule has 0 bridgehead atoms. The van der Waals surface area contributed by atoms with Crippen LogP contribution in [0.5, 0.6) is 0 Å². The molecule has 5 heteroatoms. The number of halogens is 1. The standard InChI is InChI=1S/C16H15BrN2OS/c1-10-7-8-11(9-13(10)17)16(20)19(2)14-6-4-3-5-12(14)15(18)21/h3-9H,1-2H3,(H2,18,21). The van der Waals surface area contributed by atoms with Crippen LogP contribution in [-0.2, 0) is 0 Å². The summed E-state index contributed by atoms with van der Waals surface area (Å²) in [4.78, 5) is 14.4. The third kappa shape index (κ3) is 3.31. The van der Waals surface area contributed by atoms with E-state index in [0.29, 0.717) is 16.8 Å². The Bertz CT molecular complexity index is 715. The van der Waals surface area contributed by atoms with Gasteiger partial charge < -0.3 is 10.6 Å². The summed E-state index contributed by atoms with van der Waals surface area (Å²) in [6.07, 6.45) is 0. The number of para-hydroxylation sites is 1. The van der Waals surface area contributed by atoms with E-state index < -0.39 is 0 Å². The number of nitrogens with zero attached hydrogens (tertiary/aromatic N) is 1. The number of carbonyl (C=O) groups is 1. The van der Waals surface area contributed by atoms with E-state index in [-0.39, 0.29) is 10.9 Å². The first-order valence-corrected chi connectivity index (χ1v) is 7.55. The van der Waals surface area contributed by atoms with Gasteiger partial charge in [-0.25, -0.2) is 0 Å². The molecule has 0 fully saturated rings. The maximum atomic E-state index is 12.6. The van der Waals surface area contributed by atoms with E-state index in [0.717, 1.165) is 10.0 Å². The number of hydrogen-bond donors (Lipinski definition) is 1. The highest BCUT2D eigenvalue weighted by atomic mass is 79.9. The molecule has 0 atom stereocenters. The first-order valence-electron chi connectivity index (χ1n) is 6.35. The van der Waals surface area contributed by atoms with E-state index in [1.165, 1.54) is 0 Å². The Balaban J connectivity index is 2.40. The summed E-state index contributed by atoms with van der Waals surface area (Å²) in [6, 6.07) is 12.9. The molecule has 0 spiro atoms. The molecule has 0 radical (unpaired) electrons. The predicted octanol–water partition coefficient (Wildman–Crippen LogP) is 3.67. The first kappa shape index (κ1) is 15.7. The van der Waals surface area contributed by atoms with Crippen molar-refractivity contribution in [1.29, 1.82) is 0 Å². The Labute approximate surface area is 137 Å². The predicted molar refractivity (Wildman–Crippen MR) is 93.9 cm³/mol. The van der Waals surface area contributed by atoms with Crippen LogP contribution in [0, 0.1) is 6.92 Å². The molecule has 2 rings (SSSR count). The zero-order valence-corrected chi connectivity index (χ0v) is 14.2. The highest BCUT2D eigenvalue weighted by Crippen LogP contribution is 2.23. The van der Waals surface area contributed by atoms with Crippen molar-refractivity contribution in [3.05, 3.63) is 63.6 Å². The molecular weight excluding hydrogens is 348 g/mol. The van der Waals surface area contributed by atoms with Crippen molar-refractivity contribution in [2.24, 2.45) is 5.73 Å². The third-order valence-electron chi connectivity index (χ3n) is 3.25. The van der Waals surface area contributed by atoms with Crippen LogP contribution in [0.25, 0.3) is 0 Å². The quantitative estimate of drug-likeness (QED) is 0.847. The molecular formula is C16H15BrN2OS. The lowest BCUT2D eigenvalue weighted by molar-refractivity contribution is 0.0993. The molecule has 3 nitrogen and oxygen atoms in total. The number of aryl methyl sites for hydroxylation is 1. The Kier molecular flexibility index (Phi) is 4.75. The molecule has 21 heavy (non-hydrogen) atoms. The monoisotopic (exact) mass is 362 g/mol. The van der Waals surface area contributed by atoms with E-state index in [1.54, 1.807) is 11.9 Å². The molecule has 2 N–H and O–H groups in total. The van der Waals surface area contributed by atoms with Crippen molar-refractivity contribution < 1.29 is 4.79 Å². The second kappa shape index (κ2) is 6.37. The van der Waals surface area contributed by atoms with Gasteiger partial charge in [0, 0.05) is 22.6 Å². The van der Waals surface area contributed by atoms with Crippen LogP contribution in [0.2, 0.25) is 0 Å². The number of rotatable bonds is 3. The van der Waals surface area contributed by atoms with Gasteiger partial charge in [-0.2, -0.15) is 0 Å². The number of thiocarbonyl (C=S) groups is 1. The van der Waals surface area contributed by atoms with Gasteiger partial charge in [-0.1, -0.05) is 46.3 Å². The number of amides is 1. The average Bonchev–Trinajstić information content (AvgIpc) is 2.48. The van der Waals surface area contributed by atoms with E-state index >= 15 is 0 Å². The van der Waals surface area contributed by atoms with E-state index in [1.807, 2.05) is 49.4 Å². The van der Waals surface area contributed by atoms with Gasteiger partial charge in [-0.3, -0.25) is 4.79 Å². The fourth-order valence-corrected chi connectivity index (χ4v) is 2.55. The fourth-order valence-electron chi connectivity index (χ4n) is 2.00. The van der Waals surface area contributed by atoms with Gasteiger partial charge in [-0.05, 0) is 36.8 Å². The SMILES string of the molecule is Cc1ccc(C(=O)N(C)c2ccccc2C(N)=S)cc1Br. The molecule has 0 heterocycles. The van der Waals surface area contributed by atoms with Gasteiger partial charge in [0.1, 0.15) is 4.99 Å². The molecule has 0 saturated heterocycles. The fraction of sp³-hybridized carbons (Fsp3) is 0.125. The lowest BCUT2D eigenvalue weighted by Crippen LogP contribution is -2.28. The first-order chi connectivity index (χ1) is 9.91. The highest BCUT2D eigenvalue weighted by Gasteiger charge is 2.17. The van der Waals surface area contributed by atoms with Crippen molar-refractivity contribution >= 4 is 44.7 Å². The average molecular weight is 363 g/mol. The number of carbonyl (C=O) groups excluding carboxylic acids is 1.